The van der Waals surface area contributed by atoms with Gasteiger partial charge in [0.05, 0.1) is 137 Å². The van der Waals surface area contributed by atoms with Crippen molar-refractivity contribution in [2.24, 2.45) is 107 Å². The van der Waals surface area contributed by atoms with Gasteiger partial charge in [-0.1, -0.05) is 125 Å². The number of hydrogen-bond donors (Lipinski definition) is 9. The van der Waals surface area contributed by atoms with Crippen molar-refractivity contribution < 1.29 is 165 Å². The van der Waals surface area contributed by atoms with Gasteiger partial charge < -0.3 is 122 Å². The molecule has 16 aliphatic rings. The van der Waals surface area contributed by atoms with E-state index in [1.54, 1.807) is 56.7 Å². The molecule has 35 heteroatoms. The minimum atomic E-state index is -1.02. The maximum atomic E-state index is 11.8. The SMILES string of the molecule is C1=CC[C@H]2COC[C@H]2C1.COc1ccccc1C(Br)C(=O)O.COc1ccccc1C(CO)OC1C[C@H]2COC[C@H]2C1.COc1ccccc1C(OC1C[C@H]2COC[C@H]2C1)C(=O)O.COc1ccccc1[C@H](COC(=O)CCC(=O)O)OC1C[C@H]2COC[C@H]2C1.O=C(O)C[C@H]1COC[C@H]1CC(=O)O.O=C1C[C@H]2COC[C@H]2C1.O=C1OC(=O)[C@@H]2CC=CC[C@H]12.OC1C[C@H]2COC[C@H]2C1.OC[C@@H]1CC=CC[C@@H]1CO. The van der Waals surface area contributed by atoms with Crippen molar-refractivity contribution in [3.63, 3.8) is 0 Å². The van der Waals surface area contributed by atoms with Crippen LogP contribution in [-0.4, -0.2) is 271 Å². The number of ketones is 1. The molecule has 0 aromatic heterocycles. The van der Waals surface area contributed by atoms with E-state index in [9.17, 15) is 58.5 Å². The van der Waals surface area contributed by atoms with Crippen molar-refractivity contribution in [1.29, 1.82) is 0 Å². The second kappa shape index (κ2) is 58.9. The number of para-hydroxylation sites is 4. The van der Waals surface area contributed by atoms with Gasteiger partial charge in [0, 0.05) is 101 Å². The smallest absolute Gasteiger partial charge is 0.337 e. The van der Waals surface area contributed by atoms with Gasteiger partial charge in [0.25, 0.3) is 0 Å². The Bertz CT molecular complexity index is 4570. The van der Waals surface area contributed by atoms with Crippen LogP contribution in [0.15, 0.2) is 134 Å². The molecule has 8 saturated heterocycles. The van der Waals surface area contributed by atoms with Gasteiger partial charge in [-0.25, -0.2) is 4.79 Å². The number of esters is 3. The summed E-state index contributed by atoms with van der Waals surface area (Å²) >= 11 is 3.06. The molecule has 20 rings (SSSR count). The maximum absolute atomic E-state index is 11.8. The first kappa shape index (κ1) is 113. The lowest BCUT2D eigenvalue weighted by atomic mass is 9.84. The molecule has 0 spiro atoms. The number of halogens is 1. The van der Waals surface area contributed by atoms with Gasteiger partial charge in [0.15, 0.2) is 6.10 Å². The summed E-state index contributed by atoms with van der Waals surface area (Å²) in [5.41, 5.74) is 2.93. The number of aliphatic carboxylic acids is 5. The highest BCUT2D eigenvalue weighted by molar-refractivity contribution is 9.09. The van der Waals surface area contributed by atoms with E-state index in [4.69, 9.17) is 102 Å². The Hall–Kier alpha value is -9.15. The number of alkyl halides is 1. The van der Waals surface area contributed by atoms with Crippen LogP contribution in [0.1, 0.15) is 174 Å². The van der Waals surface area contributed by atoms with Crippen molar-refractivity contribution in [3.05, 3.63) is 156 Å². The second-order valence-corrected chi connectivity index (χ2v) is 40.1. The zero-order valence-corrected chi connectivity index (χ0v) is 83.3. The molecule has 8 aliphatic carbocycles. The number of carboxylic acids is 5. The number of aliphatic hydroxyl groups is 4. The molecule has 34 nitrogen and oxygen atoms in total. The van der Waals surface area contributed by atoms with Crippen molar-refractivity contribution in [1.82, 2.24) is 0 Å². The lowest BCUT2D eigenvalue weighted by molar-refractivity contribution is -0.156. The van der Waals surface area contributed by atoms with Crippen LogP contribution >= 0.6 is 15.9 Å². The summed E-state index contributed by atoms with van der Waals surface area (Å²) in [5.74, 6) is 4.57. The fraction of sp³-hybridized carbons (Fsp3) is 0.636. The minimum Gasteiger partial charge on any atom is -0.496 e. The molecule has 4 aromatic carbocycles. The third kappa shape index (κ3) is 34.2. The van der Waals surface area contributed by atoms with E-state index in [0.29, 0.717) is 119 Å². The summed E-state index contributed by atoms with van der Waals surface area (Å²) < 4.78 is 86.5. The molecular formula is C107H145BrO34. The molecule has 4 aromatic rings. The molecule has 142 heavy (non-hydrogen) atoms. The van der Waals surface area contributed by atoms with Gasteiger partial charge in [0.1, 0.15) is 52.4 Å². The zero-order chi connectivity index (χ0) is 102. The van der Waals surface area contributed by atoms with Crippen LogP contribution in [0.25, 0.3) is 0 Å². The number of ether oxygens (including phenoxy) is 16. The number of carboxylic acid groups (broad SMARTS) is 5. The number of Topliss-reactive ketones (excluding diaryl/α,β-unsaturated/α-hetero) is 1. The third-order valence-corrected chi connectivity index (χ3v) is 30.5. The summed E-state index contributed by atoms with van der Waals surface area (Å²) in [7, 11) is 6.28. The van der Waals surface area contributed by atoms with Crippen molar-refractivity contribution in [2.45, 2.75) is 176 Å². The molecule has 0 amide bonds. The van der Waals surface area contributed by atoms with E-state index in [1.807, 2.05) is 66.7 Å². The Morgan fingerprint density at radius 2 is 0.697 bits per heavy atom. The minimum absolute atomic E-state index is 0.00204. The zero-order valence-electron chi connectivity index (χ0n) is 81.7. The van der Waals surface area contributed by atoms with Crippen LogP contribution in [0.2, 0.25) is 0 Å². The average molecular weight is 2060 g/mol. The predicted octanol–water partition coefficient (Wildman–Crippen LogP) is 13.3. The number of fused-ring (bicyclic) bond motifs is 7. The highest BCUT2D eigenvalue weighted by atomic mass is 79.9. The first-order valence-electron chi connectivity index (χ1n) is 49.8. The normalized spacial score (nSPS) is 30.3. The summed E-state index contributed by atoms with van der Waals surface area (Å²) in [5, 5.41) is 80.5. The van der Waals surface area contributed by atoms with E-state index in [2.05, 4.69) is 45.0 Å². The molecule has 0 bridgehead atoms. The molecular weight excluding hydrogens is 1910 g/mol. The first-order chi connectivity index (χ1) is 68.7. The van der Waals surface area contributed by atoms with Gasteiger partial charge in [-0.05, 0) is 209 Å². The van der Waals surface area contributed by atoms with Crippen LogP contribution in [0, 0.1) is 107 Å². The predicted molar refractivity (Wildman–Crippen MR) is 517 cm³/mol. The Balaban J connectivity index is 0.000000154. The monoisotopic (exact) mass is 2050 g/mol. The standard InChI is InChI=1S/C20H26O7.C16H20O5.C16H22O4.C9H9BrO3.C8H12O5.C8H8O3.C8H14O2.C8H12O.C7H12O2.C7H10O2/c1-24-17-5-3-2-4-16(17)18(12-26-20(23)7-6-19(21)22)27-15-8-13-10-25-11-14(13)9-15;1-19-14-5-3-2-4-13(14)15(16(17)18)21-12-6-10-8-20-9-11(10)7-12;1-18-15-5-3-2-4-14(15)16(8-17)20-13-6-11-9-19-10-12(11)7-13;1-13-7-5-3-2-4-6(7)8(10)9(11)12;9-7(10)1-5-3-13-4-6(5)2-8(11)12;9-7-5-3-1-2-4-6(5)8(10)11-7;9-5-7-3-1-2-4-8(7)6-10;1-2-4-8-6-9-5-7(8)3-1;2*8-7-1-5-3-9-4-6(5)2-7/h2-5,13-15,18H,6-12H2,1H3,(H,21,22);2-5,10-12,15H,6-9H2,1H3,(H,17,18);2-5,11-13,16-17H,6-10H2,1H3;2-5,8H,1H3,(H,11,12);5-6H,1-4H2,(H,9,10)(H,11,12);1-2,5-6H,3-4H2;1-2,7-10H,3-6H2;1-2,7-8H,3-6H2;5-8H,1-4H2;5-6H,1-4H2/t13-,14+,15?,18-;10-,11+,12?,15?;11-,12+,13?,16?;;2*5-,6+;2*7-,8+;5-,6+,7?;5-,6+/m0........./s1. The Morgan fingerprint density at radius 3 is 1.08 bits per heavy atom. The number of aliphatic hydroxyl groups excluding tert-OH is 4. The first-order valence-corrected chi connectivity index (χ1v) is 50.8. The van der Waals surface area contributed by atoms with Crippen LogP contribution in [0.4, 0.5) is 0 Å². The fourth-order valence-corrected chi connectivity index (χ4v) is 22.0. The number of methoxy groups -OCH3 is 4. The highest BCUT2D eigenvalue weighted by Crippen LogP contribution is 2.46. The average Bonchev–Trinajstić information content (AvgIpc) is 1.68. The van der Waals surface area contributed by atoms with Crippen LogP contribution in [0.5, 0.6) is 23.0 Å². The maximum Gasteiger partial charge on any atom is 0.337 e. The lowest BCUT2D eigenvalue weighted by Crippen LogP contribution is -2.23. The molecule has 784 valence electrons. The lowest BCUT2D eigenvalue weighted by Gasteiger charge is -2.24. The largest absolute Gasteiger partial charge is 0.496 e. The topological polar surface area (TPSA) is 483 Å². The number of carbonyl (C=O) groups excluding carboxylic acids is 4. The molecule has 13 fully saturated rings. The summed E-state index contributed by atoms with van der Waals surface area (Å²) in [6, 6.07) is 29.4. The van der Waals surface area contributed by atoms with Crippen LogP contribution in [0.3, 0.4) is 0 Å². The molecule has 7 unspecified atom stereocenters. The Kier molecular flexibility index (Phi) is 46.9. The van der Waals surface area contributed by atoms with Gasteiger partial charge in [0.2, 0.25) is 0 Å². The number of benzene rings is 4. The number of hydrogen-bond acceptors (Lipinski definition) is 29. The molecule has 0 radical (unpaired) electrons. The molecule has 9 N–H and O–H groups in total. The van der Waals surface area contributed by atoms with Gasteiger partial charge in [-0.15, -0.1) is 0 Å². The summed E-state index contributed by atoms with van der Waals surface area (Å²) in [6.07, 6.45) is 25.6. The molecule has 26 atom stereocenters. The van der Waals surface area contributed by atoms with Gasteiger partial charge in [-0.3, -0.25) is 38.4 Å². The summed E-state index contributed by atoms with van der Waals surface area (Å²) in [6.45, 7) is 11.5. The second-order valence-electron chi connectivity index (χ2n) is 39.2. The van der Waals surface area contributed by atoms with E-state index in [0.717, 1.165) is 185 Å². The van der Waals surface area contributed by atoms with E-state index in [1.165, 1.54) is 27.1 Å². The molecule has 5 saturated carbocycles. The molecule has 8 aliphatic heterocycles. The number of cyclic esters (lactones) is 2. The third-order valence-electron chi connectivity index (χ3n) is 29.6. The van der Waals surface area contributed by atoms with Crippen molar-refractivity contribution in [2.75, 3.05) is 147 Å². The van der Waals surface area contributed by atoms with Gasteiger partial charge >= 0.3 is 47.8 Å². The van der Waals surface area contributed by atoms with Gasteiger partial charge in [-0.2, -0.15) is 0 Å². The number of carbonyl (C=O) groups is 9. The fourth-order valence-electron chi connectivity index (χ4n) is 21.6. The van der Waals surface area contributed by atoms with E-state index < -0.39 is 52.9 Å². The quantitative estimate of drug-likeness (QED) is 0.0110. The number of allylic oxidation sites excluding steroid dienone is 6. The van der Waals surface area contributed by atoms with Crippen LogP contribution < -0.4 is 18.9 Å². The van der Waals surface area contributed by atoms with Crippen molar-refractivity contribution in [3.8, 4) is 23.0 Å². The molecule has 8 heterocycles. The van der Waals surface area contributed by atoms with Crippen molar-refractivity contribution >= 4 is 69.5 Å². The Morgan fingerprint density at radius 1 is 0.366 bits per heavy atom. The highest BCUT2D eigenvalue weighted by Gasteiger charge is 2.47. The Labute approximate surface area is 838 Å². The van der Waals surface area contributed by atoms with E-state index >= 15 is 0 Å². The number of rotatable bonds is 28. The van der Waals surface area contributed by atoms with E-state index in [-0.39, 0.29) is 130 Å². The van der Waals surface area contributed by atoms with Crippen LogP contribution in [-0.2, 0) is 100.0 Å². The summed E-state index contributed by atoms with van der Waals surface area (Å²) in [4.78, 5) is 97.5.